The Balaban J connectivity index is 2.17. The molecule has 0 aliphatic carbocycles. The molecule has 88 valence electrons. The molecule has 0 saturated carbocycles. The average Bonchev–Trinajstić information content (AvgIpc) is 2.30. The summed E-state index contributed by atoms with van der Waals surface area (Å²) in [6, 6.07) is 11.9. The lowest BCUT2D eigenvalue weighted by Gasteiger charge is -2.13. The Kier molecular flexibility index (Phi) is 3.55. The van der Waals surface area contributed by atoms with Gasteiger partial charge in [0.1, 0.15) is 0 Å². The summed E-state index contributed by atoms with van der Waals surface area (Å²) < 4.78 is 0. The lowest BCUT2D eigenvalue weighted by Crippen LogP contribution is -2.05. The maximum absolute atomic E-state index is 10.2. The normalized spacial score (nSPS) is 12.4. The van der Waals surface area contributed by atoms with E-state index in [1.807, 2.05) is 37.3 Å². The van der Waals surface area contributed by atoms with Crippen molar-refractivity contribution in [2.45, 2.75) is 26.4 Å². The van der Waals surface area contributed by atoms with E-state index in [1.165, 1.54) is 5.56 Å². The highest BCUT2D eigenvalue weighted by Crippen LogP contribution is 2.21. The van der Waals surface area contributed by atoms with E-state index in [0.717, 1.165) is 16.8 Å². The zero-order chi connectivity index (χ0) is 12.3. The van der Waals surface area contributed by atoms with Crippen LogP contribution in [0, 0.1) is 13.8 Å². The number of pyridine rings is 1. The summed E-state index contributed by atoms with van der Waals surface area (Å²) in [7, 11) is 0. The molecule has 1 N–H and O–H groups in total. The molecule has 0 radical (unpaired) electrons. The van der Waals surface area contributed by atoms with Crippen molar-refractivity contribution in [2.75, 3.05) is 0 Å². The van der Waals surface area contributed by atoms with Crippen molar-refractivity contribution in [2.24, 2.45) is 0 Å². The Hall–Kier alpha value is -1.67. The SMILES string of the molecule is Cc1ccc(C(O)Cc2ccccn2)c(C)c1. The van der Waals surface area contributed by atoms with Crippen LogP contribution in [0.1, 0.15) is 28.5 Å². The smallest absolute Gasteiger partial charge is 0.0848 e. The summed E-state index contributed by atoms with van der Waals surface area (Å²) in [6.45, 7) is 4.09. The predicted molar refractivity (Wildman–Crippen MR) is 68.8 cm³/mol. The van der Waals surface area contributed by atoms with Gasteiger partial charge in [-0.3, -0.25) is 4.98 Å². The molecule has 0 bridgehead atoms. The first kappa shape index (κ1) is 11.8. The average molecular weight is 227 g/mol. The van der Waals surface area contributed by atoms with E-state index in [4.69, 9.17) is 0 Å². The maximum atomic E-state index is 10.2. The first-order chi connectivity index (χ1) is 8.16. The topological polar surface area (TPSA) is 33.1 Å². The standard InChI is InChI=1S/C15H17NO/c1-11-6-7-14(12(2)9-11)15(17)10-13-5-3-4-8-16-13/h3-9,15,17H,10H2,1-2H3. The van der Waals surface area contributed by atoms with Crippen molar-refractivity contribution in [1.29, 1.82) is 0 Å². The van der Waals surface area contributed by atoms with Crippen molar-refractivity contribution in [3.8, 4) is 0 Å². The summed E-state index contributed by atoms with van der Waals surface area (Å²) in [5.41, 5.74) is 4.26. The number of aliphatic hydroxyl groups excluding tert-OH is 1. The number of rotatable bonds is 3. The number of hydrogen-bond donors (Lipinski definition) is 1. The van der Waals surface area contributed by atoms with Gasteiger partial charge in [-0.25, -0.2) is 0 Å². The maximum Gasteiger partial charge on any atom is 0.0848 e. The minimum atomic E-state index is -0.481. The molecule has 2 heteroatoms. The molecule has 2 rings (SSSR count). The molecule has 0 spiro atoms. The number of nitrogens with zero attached hydrogens (tertiary/aromatic N) is 1. The van der Waals surface area contributed by atoms with Crippen LogP contribution in [0.25, 0.3) is 0 Å². The first-order valence-corrected chi connectivity index (χ1v) is 5.82. The van der Waals surface area contributed by atoms with Gasteiger partial charge < -0.3 is 5.11 Å². The fourth-order valence-corrected chi connectivity index (χ4v) is 2.03. The third-order valence-corrected chi connectivity index (χ3v) is 2.91. The van der Waals surface area contributed by atoms with Crippen LogP contribution in [-0.2, 0) is 6.42 Å². The van der Waals surface area contributed by atoms with Gasteiger partial charge in [-0.2, -0.15) is 0 Å². The number of benzene rings is 1. The van der Waals surface area contributed by atoms with Gasteiger partial charge in [0.05, 0.1) is 6.10 Å². The van der Waals surface area contributed by atoms with Crippen LogP contribution in [0.15, 0.2) is 42.6 Å². The molecule has 1 heterocycles. The van der Waals surface area contributed by atoms with Gasteiger partial charge in [-0.05, 0) is 37.1 Å². The van der Waals surface area contributed by atoms with E-state index in [1.54, 1.807) is 6.20 Å². The van der Waals surface area contributed by atoms with Gasteiger partial charge >= 0.3 is 0 Å². The Morgan fingerprint density at radius 3 is 2.65 bits per heavy atom. The molecule has 1 unspecified atom stereocenters. The van der Waals surface area contributed by atoms with Crippen molar-refractivity contribution in [3.05, 3.63) is 65.0 Å². The number of aromatic nitrogens is 1. The van der Waals surface area contributed by atoms with Gasteiger partial charge in [0.2, 0.25) is 0 Å². The molecule has 0 amide bonds. The second kappa shape index (κ2) is 5.11. The molecule has 17 heavy (non-hydrogen) atoms. The van der Waals surface area contributed by atoms with Crippen LogP contribution in [0.3, 0.4) is 0 Å². The molecule has 1 aromatic heterocycles. The Morgan fingerprint density at radius 2 is 2.00 bits per heavy atom. The first-order valence-electron chi connectivity index (χ1n) is 5.82. The van der Waals surface area contributed by atoms with Crippen LogP contribution in [0.2, 0.25) is 0 Å². The quantitative estimate of drug-likeness (QED) is 0.874. The predicted octanol–water partition coefficient (Wildman–Crippen LogP) is 2.97. The zero-order valence-electron chi connectivity index (χ0n) is 10.2. The largest absolute Gasteiger partial charge is 0.388 e. The molecule has 1 atom stereocenters. The minimum absolute atomic E-state index is 0.481. The monoisotopic (exact) mass is 227 g/mol. The molecule has 0 aliphatic heterocycles. The van der Waals surface area contributed by atoms with E-state index in [2.05, 4.69) is 18.0 Å². The second-order valence-electron chi connectivity index (χ2n) is 4.40. The van der Waals surface area contributed by atoms with E-state index >= 15 is 0 Å². The lowest BCUT2D eigenvalue weighted by atomic mass is 9.98. The van der Waals surface area contributed by atoms with E-state index in [-0.39, 0.29) is 0 Å². The summed E-state index contributed by atoms with van der Waals surface area (Å²) in [6.07, 6.45) is 1.83. The highest BCUT2D eigenvalue weighted by atomic mass is 16.3. The van der Waals surface area contributed by atoms with Crippen LogP contribution < -0.4 is 0 Å². The van der Waals surface area contributed by atoms with Crippen molar-refractivity contribution in [1.82, 2.24) is 4.98 Å². The summed E-state index contributed by atoms with van der Waals surface area (Å²) in [5, 5.41) is 10.2. The van der Waals surface area contributed by atoms with E-state index in [0.29, 0.717) is 6.42 Å². The van der Waals surface area contributed by atoms with Crippen molar-refractivity contribution in [3.63, 3.8) is 0 Å². The zero-order valence-corrected chi connectivity index (χ0v) is 10.2. The van der Waals surface area contributed by atoms with Crippen LogP contribution >= 0.6 is 0 Å². The molecule has 2 aromatic rings. The fourth-order valence-electron chi connectivity index (χ4n) is 2.03. The summed E-state index contributed by atoms with van der Waals surface area (Å²) in [4.78, 5) is 4.23. The molecular formula is C15H17NO. The minimum Gasteiger partial charge on any atom is -0.388 e. The van der Waals surface area contributed by atoms with Crippen molar-refractivity contribution >= 4 is 0 Å². The highest BCUT2D eigenvalue weighted by molar-refractivity contribution is 5.32. The van der Waals surface area contributed by atoms with Gasteiger partial charge in [0, 0.05) is 18.3 Å². The number of aryl methyl sites for hydroxylation is 2. The third-order valence-electron chi connectivity index (χ3n) is 2.91. The molecule has 0 fully saturated rings. The van der Waals surface area contributed by atoms with Gasteiger partial charge in [-0.15, -0.1) is 0 Å². The van der Waals surface area contributed by atoms with Crippen molar-refractivity contribution < 1.29 is 5.11 Å². The summed E-state index contributed by atoms with van der Waals surface area (Å²) in [5.74, 6) is 0. The van der Waals surface area contributed by atoms with Gasteiger partial charge in [0.25, 0.3) is 0 Å². The number of hydrogen-bond acceptors (Lipinski definition) is 2. The fraction of sp³-hybridized carbons (Fsp3) is 0.267. The summed E-state index contributed by atoms with van der Waals surface area (Å²) >= 11 is 0. The van der Waals surface area contributed by atoms with Crippen LogP contribution in [0.5, 0.6) is 0 Å². The molecular weight excluding hydrogens is 210 g/mol. The lowest BCUT2D eigenvalue weighted by molar-refractivity contribution is 0.176. The van der Waals surface area contributed by atoms with Gasteiger partial charge in [0.15, 0.2) is 0 Å². The third kappa shape index (κ3) is 2.92. The highest BCUT2D eigenvalue weighted by Gasteiger charge is 2.11. The van der Waals surface area contributed by atoms with E-state index in [9.17, 15) is 5.11 Å². The number of aliphatic hydroxyl groups is 1. The van der Waals surface area contributed by atoms with E-state index < -0.39 is 6.10 Å². The molecule has 0 aliphatic rings. The van der Waals surface area contributed by atoms with Crippen LogP contribution in [0.4, 0.5) is 0 Å². The second-order valence-corrected chi connectivity index (χ2v) is 4.40. The molecule has 1 aromatic carbocycles. The molecule has 0 saturated heterocycles. The Labute approximate surface area is 102 Å². The Bertz CT molecular complexity index is 494. The Morgan fingerprint density at radius 1 is 1.18 bits per heavy atom. The van der Waals surface area contributed by atoms with Gasteiger partial charge in [-0.1, -0.05) is 29.8 Å². The molecule has 2 nitrogen and oxygen atoms in total. The van der Waals surface area contributed by atoms with Crippen LogP contribution in [-0.4, -0.2) is 10.1 Å².